The minimum Gasteiger partial charge on any atom is -0.0802 e. The second kappa shape index (κ2) is 8.67. The Hall–Kier alpha value is -1.56. The molecule has 0 aromatic heterocycles. The molecule has 0 bridgehead atoms. The zero-order valence-electron chi connectivity index (χ0n) is 14.5. The predicted molar refractivity (Wildman–Crippen MR) is 95.7 cm³/mol. The van der Waals surface area contributed by atoms with Gasteiger partial charge in [-0.1, -0.05) is 93.0 Å². The van der Waals surface area contributed by atoms with E-state index in [0.717, 1.165) is 6.42 Å². The summed E-state index contributed by atoms with van der Waals surface area (Å²) < 4.78 is 0. The van der Waals surface area contributed by atoms with Crippen molar-refractivity contribution in [1.82, 2.24) is 0 Å². The quantitative estimate of drug-likeness (QED) is 0.573. The molecule has 0 aliphatic heterocycles. The molecule has 0 saturated heterocycles. The second-order valence-electron chi connectivity index (χ2n) is 6.48. The molecule has 1 aromatic rings. The zero-order chi connectivity index (χ0) is 15.8. The molecule has 0 heterocycles. The zero-order valence-corrected chi connectivity index (χ0v) is 14.5. The molecule has 1 aliphatic rings. The van der Waals surface area contributed by atoms with Crippen LogP contribution in [0, 0.1) is 12.8 Å². The molecule has 0 spiro atoms. The van der Waals surface area contributed by atoms with E-state index in [2.05, 4.69) is 90.1 Å². The van der Waals surface area contributed by atoms with Gasteiger partial charge in [-0.05, 0) is 37.7 Å². The number of hydrogen-bond acceptors (Lipinski definition) is 0. The minimum absolute atomic E-state index is 0.653. The van der Waals surface area contributed by atoms with Crippen LogP contribution < -0.4 is 0 Å². The van der Waals surface area contributed by atoms with Gasteiger partial charge in [0, 0.05) is 0 Å². The smallest absolute Gasteiger partial charge is 0.0130 e. The Morgan fingerprint density at radius 2 is 1.43 bits per heavy atom. The molecule has 2 rings (SSSR count). The highest BCUT2D eigenvalue weighted by molar-refractivity contribution is 5.30. The van der Waals surface area contributed by atoms with Gasteiger partial charge in [-0.3, -0.25) is 0 Å². The van der Waals surface area contributed by atoms with Gasteiger partial charge in [0.05, 0.1) is 0 Å². The highest BCUT2D eigenvalue weighted by Gasteiger charge is 2.01. The molecule has 0 heteroatoms. The molecule has 0 nitrogen and oxygen atoms in total. The monoisotopic (exact) mass is 282 g/mol. The van der Waals surface area contributed by atoms with Crippen molar-refractivity contribution in [2.45, 2.75) is 53.9 Å². The molecule has 0 atom stereocenters. The van der Waals surface area contributed by atoms with Crippen LogP contribution in [-0.4, -0.2) is 0 Å². The number of aryl methyl sites for hydroxylation is 1. The van der Waals surface area contributed by atoms with Gasteiger partial charge >= 0.3 is 0 Å². The Morgan fingerprint density at radius 3 is 1.95 bits per heavy atom. The highest BCUT2D eigenvalue weighted by atomic mass is 14.1. The summed E-state index contributed by atoms with van der Waals surface area (Å²) in [6, 6.07) is 8.71. The van der Waals surface area contributed by atoms with Crippen LogP contribution in [0.1, 0.15) is 58.1 Å². The number of benzene rings is 1. The van der Waals surface area contributed by atoms with Crippen molar-refractivity contribution in [2.75, 3.05) is 0 Å². The fourth-order valence-corrected chi connectivity index (χ4v) is 2.12. The summed E-state index contributed by atoms with van der Waals surface area (Å²) in [6.07, 6.45) is 9.99. The summed E-state index contributed by atoms with van der Waals surface area (Å²) >= 11 is 0. The topological polar surface area (TPSA) is 0 Å². The van der Waals surface area contributed by atoms with Crippen LogP contribution in [0.15, 0.2) is 59.7 Å². The maximum Gasteiger partial charge on any atom is -0.0130 e. The molecule has 0 N–H and O–H groups in total. The third kappa shape index (κ3) is 6.62. The first-order valence-corrected chi connectivity index (χ1v) is 8.00. The molecular weight excluding hydrogens is 252 g/mol. The van der Waals surface area contributed by atoms with Gasteiger partial charge in [0.25, 0.3) is 0 Å². The summed E-state index contributed by atoms with van der Waals surface area (Å²) in [5, 5.41) is 0. The maximum absolute atomic E-state index is 2.25. The SMILES string of the molecule is CC1=CC=C(C(C)C)CC=C1.Cc1ccc(C(C)C)cc1. The average molecular weight is 282 g/mol. The van der Waals surface area contributed by atoms with Gasteiger partial charge in [0.1, 0.15) is 0 Å². The van der Waals surface area contributed by atoms with E-state index in [0.29, 0.717) is 11.8 Å². The number of hydrogen-bond donors (Lipinski definition) is 0. The van der Waals surface area contributed by atoms with E-state index in [9.17, 15) is 0 Å². The van der Waals surface area contributed by atoms with E-state index in [1.54, 1.807) is 0 Å². The summed E-state index contributed by atoms with van der Waals surface area (Å²) in [4.78, 5) is 0. The van der Waals surface area contributed by atoms with Crippen molar-refractivity contribution < 1.29 is 0 Å². The maximum atomic E-state index is 2.25. The van der Waals surface area contributed by atoms with Gasteiger partial charge in [-0.15, -0.1) is 0 Å². The molecule has 21 heavy (non-hydrogen) atoms. The Bertz CT molecular complexity index is 507. The van der Waals surface area contributed by atoms with E-state index in [4.69, 9.17) is 0 Å². The fraction of sp³-hybridized carbons (Fsp3) is 0.429. The number of allylic oxidation sites excluding steroid dienone is 6. The van der Waals surface area contributed by atoms with Crippen molar-refractivity contribution in [1.29, 1.82) is 0 Å². The van der Waals surface area contributed by atoms with Crippen LogP contribution in [0.2, 0.25) is 0 Å². The first kappa shape index (κ1) is 17.5. The van der Waals surface area contributed by atoms with Gasteiger partial charge < -0.3 is 0 Å². The fourth-order valence-electron chi connectivity index (χ4n) is 2.12. The Balaban J connectivity index is 0.000000211. The molecular formula is C21H30. The minimum atomic E-state index is 0.653. The van der Waals surface area contributed by atoms with Crippen molar-refractivity contribution in [3.63, 3.8) is 0 Å². The van der Waals surface area contributed by atoms with Crippen LogP contribution in [0.5, 0.6) is 0 Å². The first-order valence-electron chi connectivity index (χ1n) is 8.00. The molecule has 114 valence electrons. The van der Waals surface area contributed by atoms with Crippen LogP contribution in [0.25, 0.3) is 0 Å². The summed E-state index contributed by atoms with van der Waals surface area (Å²) in [7, 11) is 0. The van der Waals surface area contributed by atoms with Crippen LogP contribution in [-0.2, 0) is 0 Å². The second-order valence-corrected chi connectivity index (χ2v) is 6.48. The third-order valence-corrected chi connectivity index (χ3v) is 3.78. The standard InChI is InChI=1S/C11H16.C10H14/c1-9(2)11-6-4-5-10(3)7-8-11;1-8(2)10-6-4-9(3)5-7-10/h4-5,7-9H,6H2,1-3H3;4-8H,1-3H3. The van der Waals surface area contributed by atoms with Crippen LogP contribution in [0.3, 0.4) is 0 Å². The third-order valence-electron chi connectivity index (χ3n) is 3.78. The molecule has 0 radical (unpaired) electrons. The molecule has 0 unspecified atom stereocenters. The molecule has 0 saturated carbocycles. The van der Waals surface area contributed by atoms with Gasteiger partial charge in [0.2, 0.25) is 0 Å². The van der Waals surface area contributed by atoms with Gasteiger partial charge in [-0.25, -0.2) is 0 Å². The van der Waals surface area contributed by atoms with E-state index in [-0.39, 0.29) is 0 Å². The van der Waals surface area contributed by atoms with Crippen molar-refractivity contribution in [2.24, 2.45) is 5.92 Å². The summed E-state index contributed by atoms with van der Waals surface area (Å²) in [5.41, 5.74) is 5.63. The Labute approximate surface area is 131 Å². The van der Waals surface area contributed by atoms with Gasteiger partial charge in [0.15, 0.2) is 0 Å². The summed E-state index contributed by atoms with van der Waals surface area (Å²) in [6.45, 7) is 13.2. The molecule has 0 fully saturated rings. The van der Waals surface area contributed by atoms with E-state index < -0.39 is 0 Å². The predicted octanol–water partition coefficient (Wildman–Crippen LogP) is 6.59. The van der Waals surface area contributed by atoms with E-state index >= 15 is 0 Å². The van der Waals surface area contributed by atoms with Crippen molar-refractivity contribution in [3.8, 4) is 0 Å². The Kier molecular flexibility index (Phi) is 7.22. The van der Waals surface area contributed by atoms with E-state index in [1.807, 2.05) is 0 Å². The largest absolute Gasteiger partial charge is 0.0802 e. The highest BCUT2D eigenvalue weighted by Crippen LogP contribution is 2.18. The first-order chi connectivity index (χ1) is 9.90. The number of rotatable bonds is 2. The molecule has 1 aliphatic carbocycles. The van der Waals surface area contributed by atoms with E-state index in [1.165, 1.54) is 22.3 Å². The van der Waals surface area contributed by atoms with Gasteiger partial charge in [-0.2, -0.15) is 0 Å². The molecule has 1 aromatic carbocycles. The lowest BCUT2D eigenvalue weighted by Gasteiger charge is -2.05. The van der Waals surface area contributed by atoms with Crippen molar-refractivity contribution in [3.05, 3.63) is 70.8 Å². The lowest BCUT2D eigenvalue weighted by atomic mass is 10.0. The average Bonchev–Trinajstić information content (AvgIpc) is 2.65. The summed E-state index contributed by atoms with van der Waals surface area (Å²) in [5.74, 6) is 1.34. The normalized spacial score (nSPS) is 14.3. The lowest BCUT2D eigenvalue weighted by molar-refractivity contribution is 0.748. The lowest BCUT2D eigenvalue weighted by Crippen LogP contribution is -1.90. The Morgan fingerprint density at radius 1 is 0.810 bits per heavy atom. The van der Waals surface area contributed by atoms with Crippen molar-refractivity contribution >= 4 is 0 Å². The van der Waals surface area contributed by atoms with Crippen LogP contribution in [0.4, 0.5) is 0 Å². The van der Waals surface area contributed by atoms with Crippen LogP contribution >= 0.6 is 0 Å². The molecule has 0 amide bonds.